The number of thiophene rings is 1. The number of aromatic nitrogens is 1. The third-order valence-corrected chi connectivity index (χ3v) is 4.61. The number of non-ortho nitro benzene ring substituents is 1. The number of nitro groups is 1. The van der Waals surface area contributed by atoms with E-state index in [4.69, 9.17) is 10.2 Å². The van der Waals surface area contributed by atoms with Crippen molar-refractivity contribution in [1.29, 1.82) is 0 Å². The zero-order valence-electron chi connectivity index (χ0n) is 13.1. The second-order valence-corrected chi connectivity index (χ2v) is 6.50. The molecule has 0 saturated carbocycles. The Morgan fingerprint density at radius 1 is 1.32 bits per heavy atom. The molecule has 2 aromatic heterocycles. The van der Waals surface area contributed by atoms with Crippen molar-refractivity contribution in [2.75, 3.05) is 0 Å². The van der Waals surface area contributed by atoms with E-state index in [0.717, 1.165) is 10.4 Å². The van der Waals surface area contributed by atoms with E-state index in [0.29, 0.717) is 18.0 Å². The van der Waals surface area contributed by atoms with E-state index in [2.05, 4.69) is 4.98 Å². The Morgan fingerprint density at radius 2 is 2.08 bits per heavy atom. The number of hydrogen-bond acceptors (Lipinski definition) is 6. The van der Waals surface area contributed by atoms with E-state index in [1.54, 1.807) is 12.1 Å². The van der Waals surface area contributed by atoms with Crippen LogP contribution in [0.15, 0.2) is 52.5 Å². The molecule has 8 heteroatoms. The molecule has 128 valence electrons. The summed E-state index contributed by atoms with van der Waals surface area (Å²) in [4.78, 5) is 27.1. The second-order valence-electron chi connectivity index (χ2n) is 5.55. The molecule has 1 amide bonds. The van der Waals surface area contributed by atoms with Gasteiger partial charge >= 0.3 is 0 Å². The molecule has 2 heterocycles. The Labute approximate surface area is 147 Å². The van der Waals surface area contributed by atoms with Crippen LogP contribution >= 0.6 is 11.3 Å². The number of oxazole rings is 1. The molecule has 0 saturated heterocycles. The third kappa shape index (κ3) is 4.10. The van der Waals surface area contributed by atoms with Gasteiger partial charge in [0.05, 0.1) is 15.5 Å². The lowest BCUT2D eigenvalue weighted by Crippen LogP contribution is -2.17. The minimum atomic E-state index is -0.449. The van der Waals surface area contributed by atoms with E-state index in [-0.39, 0.29) is 18.0 Å². The van der Waals surface area contributed by atoms with Crippen molar-refractivity contribution in [1.82, 2.24) is 4.98 Å². The van der Waals surface area contributed by atoms with Gasteiger partial charge in [0.1, 0.15) is 6.26 Å². The van der Waals surface area contributed by atoms with Crippen molar-refractivity contribution in [3.63, 3.8) is 0 Å². The van der Waals surface area contributed by atoms with Crippen LogP contribution in [0.3, 0.4) is 0 Å². The highest BCUT2D eigenvalue weighted by Crippen LogP contribution is 2.29. The number of hydrogen-bond donors (Lipinski definition) is 1. The monoisotopic (exact) mass is 357 g/mol. The molecule has 0 aliphatic carbocycles. The first-order valence-corrected chi connectivity index (χ1v) is 8.42. The van der Waals surface area contributed by atoms with Gasteiger partial charge in [-0.15, -0.1) is 11.3 Å². The molecule has 7 nitrogen and oxygen atoms in total. The number of nitrogens with two attached hydrogens (primary N) is 1. The summed E-state index contributed by atoms with van der Waals surface area (Å²) in [6, 6.07) is 10.0. The number of primary amides is 1. The van der Waals surface area contributed by atoms with Crippen molar-refractivity contribution in [2.45, 2.75) is 18.8 Å². The van der Waals surface area contributed by atoms with Crippen molar-refractivity contribution in [3.05, 3.63) is 69.4 Å². The third-order valence-electron chi connectivity index (χ3n) is 3.75. The van der Waals surface area contributed by atoms with Crippen LogP contribution < -0.4 is 5.73 Å². The summed E-state index contributed by atoms with van der Waals surface area (Å²) in [7, 11) is 0. The van der Waals surface area contributed by atoms with Crippen LogP contribution in [-0.4, -0.2) is 15.8 Å². The number of benzene rings is 1. The molecule has 0 spiro atoms. The van der Waals surface area contributed by atoms with E-state index in [1.807, 2.05) is 17.5 Å². The van der Waals surface area contributed by atoms with Crippen LogP contribution in [0.2, 0.25) is 0 Å². The predicted molar refractivity (Wildman–Crippen MR) is 93.2 cm³/mol. The van der Waals surface area contributed by atoms with Crippen molar-refractivity contribution < 1.29 is 14.1 Å². The second kappa shape index (κ2) is 7.27. The SMILES string of the molecule is NC(=O)C[C@H](Cc1ccc([N+](=O)[O-])cc1)c1coc(-c2cccs2)n1. The Bertz CT molecular complexity index is 872. The lowest BCUT2D eigenvalue weighted by atomic mass is 9.93. The Hall–Kier alpha value is -3.00. The summed E-state index contributed by atoms with van der Waals surface area (Å²) >= 11 is 1.51. The van der Waals surface area contributed by atoms with Gasteiger partial charge in [0, 0.05) is 24.5 Å². The summed E-state index contributed by atoms with van der Waals surface area (Å²) < 4.78 is 5.52. The molecule has 3 aromatic rings. The molecule has 0 unspecified atom stereocenters. The Kier molecular flexibility index (Phi) is 4.90. The molecule has 0 bridgehead atoms. The number of carbonyl (C=O) groups excluding carboxylic acids is 1. The maximum absolute atomic E-state index is 11.4. The van der Waals surface area contributed by atoms with E-state index < -0.39 is 10.8 Å². The summed E-state index contributed by atoms with van der Waals surface area (Å²) in [5.41, 5.74) is 6.89. The van der Waals surface area contributed by atoms with E-state index >= 15 is 0 Å². The van der Waals surface area contributed by atoms with Gasteiger partial charge in [-0.2, -0.15) is 0 Å². The first-order valence-electron chi connectivity index (χ1n) is 7.54. The molecule has 0 fully saturated rings. The number of nitro benzene ring substituents is 1. The van der Waals surface area contributed by atoms with Crippen LogP contribution in [0.5, 0.6) is 0 Å². The highest BCUT2D eigenvalue weighted by molar-refractivity contribution is 7.13. The van der Waals surface area contributed by atoms with Crippen LogP contribution in [0, 0.1) is 10.1 Å². The lowest BCUT2D eigenvalue weighted by molar-refractivity contribution is -0.384. The molecule has 2 N–H and O–H groups in total. The minimum absolute atomic E-state index is 0.0246. The van der Waals surface area contributed by atoms with Crippen LogP contribution in [0.1, 0.15) is 23.6 Å². The normalized spacial score (nSPS) is 12.0. The van der Waals surface area contributed by atoms with Gasteiger partial charge in [0.2, 0.25) is 11.8 Å². The van der Waals surface area contributed by atoms with Gasteiger partial charge in [-0.25, -0.2) is 4.98 Å². The zero-order valence-corrected chi connectivity index (χ0v) is 13.9. The molecule has 0 aliphatic rings. The summed E-state index contributed by atoms with van der Waals surface area (Å²) in [6.45, 7) is 0. The minimum Gasteiger partial charge on any atom is -0.444 e. The first-order chi connectivity index (χ1) is 12.0. The van der Waals surface area contributed by atoms with Gasteiger partial charge < -0.3 is 10.2 Å². The van der Waals surface area contributed by atoms with Crippen LogP contribution in [-0.2, 0) is 11.2 Å². The smallest absolute Gasteiger partial charge is 0.269 e. The van der Waals surface area contributed by atoms with Crippen LogP contribution in [0.25, 0.3) is 10.8 Å². The standard InChI is InChI=1S/C17H15N3O4S/c18-16(21)9-12(8-11-3-5-13(6-4-11)20(22)23)14-10-24-17(19-14)15-2-1-7-25-15/h1-7,10,12H,8-9H2,(H2,18,21)/t12-/m0/s1. The molecular weight excluding hydrogens is 342 g/mol. The highest BCUT2D eigenvalue weighted by atomic mass is 32.1. The maximum atomic E-state index is 11.4. The predicted octanol–water partition coefficient (Wildman–Crippen LogP) is 3.51. The summed E-state index contributed by atoms with van der Waals surface area (Å²) in [5.74, 6) is -0.188. The van der Waals surface area contributed by atoms with Crippen molar-refractivity contribution in [2.24, 2.45) is 5.73 Å². The van der Waals surface area contributed by atoms with E-state index in [9.17, 15) is 14.9 Å². The lowest BCUT2D eigenvalue weighted by Gasteiger charge is -2.12. The fraction of sp³-hybridized carbons (Fsp3) is 0.176. The van der Waals surface area contributed by atoms with Crippen molar-refractivity contribution in [3.8, 4) is 10.8 Å². The quantitative estimate of drug-likeness (QED) is 0.513. The fourth-order valence-corrected chi connectivity index (χ4v) is 3.20. The van der Waals surface area contributed by atoms with Gasteiger partial charge in [-0.3, -0.25) is 14.9 Å². The van der Waals surface area contributed by atoms with Gasteiger partial charge in [-0.05, 0) is 23.4 Å². The topological polar surface area (TPSA) is 112 Å². The molecule has 3 rings (SSSR count). The molecular formula is C17H15N3O4S. The van der Waals surface area contributed by atoms with Crippen molar-refractivity contribution >= 4 is 22.9 Å². The molecule has 25 heavy (non-hydrogen) atoms. The largest absolute Gasteiger partial charge is 0.444 e. The average molecular weight is 357 g/mol. The summed E-state index contributed by atoms with van der Waals surface area (Å²) in [5, 5.41) is 12.7. The van der Waals surface area contributed by atoms with E-state index in [1.165, 1.54) is 29.7 Å². The number of nitrogens with zero attached hydrogens (tertiary/aromatic N) is 2. The molecule has 0 aliphatic heterocycles. The zero-order chi connectivity index (χ0) is 17.8. The molecule has 1 aromatic carbocycles. The Morgan fingerprint density at radius 3 is 2.68 bits per heavy atom. The fourth-order valence-electron chi connectivity index (χ4n) is 2.55. The Balaban J connectivity index is 1.82. The molecule has 0 radical (unpaired) electrons. The first kappa shape index (κ1) is 16.8. The van der Waals surface area contributed by atoms with Gasteiger partial charge in [0.15, 0.2) is 0 Å². The number of amides is 1. The average Bonchev–Trinajstić information content (AvgIpc) is 3.25. The van der Waals surface area contributed by atoms with Gasteiger partial charge in [-0.1, -0.05) is 18.2 Å². The summed E-state index contributed by atoms with van der Waals surface area (Å²) in [6.07, 6.45) is 2.14. The van der Waals surface area contributed by atoms with Crippen LogP contribution in [0.4, 0.5) is 5.69 Å². The highest BCUT2D eigenvalue weighted by Gasteiger charge is 2.20. The number of carbonyl (C=O) groups is 1. The maximum Gasteiger partial charge on any atom is 0.269 e. The number of rotatable bonds is 7. The molecule has 1 atom stereocenters. The van der Waals surface area contributed by atoms with Gasteiger partial charge in [0.25, 0.3) is 5.69 Å².